The number of nitrogens with zero attached hydrogens (tertiary/aromatic N) is 2. The van der Waals surface area contributed by atoms with Gasteiger partial charge in [-0.15, -0.1) is 0 Å². The van der Waals surface area contributed by atoms with E-state index in [1.165, 1.54) is 0 Å². The molecule has 0 N–H and O–H groups in total. The number of benzene rings is 2. The molecule has 10 heteroatoms. The Morgan fingerprint density at radius 1 is 0.389 bits per heavy atom. The van der Waals surface area contributed by atoms with Crippen molar-refractivity contribution in [2.75, 3.05) is 26.4 Å². The number of carbonyl (C=O) groups excluding carboxylic acids is 4. The summed E-state index contributed by atoms with van der Waals surface area (Å²) in [4.78, 5) is 49.5. The molecule has 0 unspecified atom stereocenters. The van der Waals surface area contributed by atoms with Gasteiger partial charge in [0.15, 0.2) is 24.8 Å². The van der Waals surface area contributed by atoms with Gasteiger partial charge in [0, 0.05) is 24.3 Å². The Balaban J connectivity index is 1.02. The van der Waals surface area contributed by atoms with Crippen molar-refractivity contribution in [2.45, 2.75) is 92.2 Å². The molecular weight excluding hydrogens is 684 g/mol. The third-order valence-electron chi connectivity index (χ3n) is 8.79. The molecule has 0 bridgehead atoms. The second-order valence-electron chi connectivity index (χ2n) is 13.8. The predicted molar refractivity (Wildman–Crippen MR) is 203 cm³/mol. The Labute approximate surface area is 319 Å². The Bertz CT molecular complexity index is 1660. The van der Waals surface area contributed by atoms with Crippen LogP contribution >= 0.6 is 0 Å². The molecule has 4 aromatic rings. The summed E-state index contributed by atoms with van der Waals surface area (Å²) in [6, 6.07) is 18.4. The molecule has 2 aromatic carbocycles. The minimum Gasteiger partial charge on any atom is -0.462 e. The van der Waals surface area contributed by atoms with Gasteiger partial charge in [0.25, 0.3) is 0 Å². The molecular formula is C44H54N2O8+2. The molecule has 0 saturated carbocycles. The summed E-state index contributed by atoms with van der Waals surface area (Å²) in [6.45, 7) is 10.6. The maximum absolute atomic E-state index is 12.5. The monoisotopic (exact) mass is 738 g/mol. The fourth-order valence-electron chi connectivity index (χ4n) is 6.01. The van der Waals surface area contributed by atoms with E-state index >= 15 is 0 Å². The molecule has 0 aliphatic heterocycles. The lowest BCUT2D eigenvalue weighted by molar-refractivity contribution is -0.778. The van der Waals surface area contributed by atoms with Crippen molar-refractivity contribution < 1.29 is 47.3 Å². The Morgan fingerprint density at radius 3 is 0.926 bits per heavy atom. The van der Waals surface area contributed by atoms with Gasteiger partial charge in [0.2, 0.25) is 13.1 Å². The number of rotatable bonds is 21. The minimum absolute atomic E-state index is 0.296. The van der Waals surface area contributed by atoms with Crippen LogP contribution in [0.4, 0.5) is 0 Å². The summed E-state index contributed by atoms with van der Waals surface area (Å²) >= 11 is 0. The van der Waals surface area contributed by atoms with Crippen LogP contribution in [0.5, 0.6) is 0 Å². The highest BCUT2D eigenvalue weighted by Gasteiger charge is 2.14. The lowest BCUT2D eigenvalue weighted by Crippen LogP contribution is -2.44. The van der Waals surface area contributed by atoms with Gasteiger partial charge in [-0.3, -0.25) is 0 Å². The van der Waals surface area contributed by atoms with E-state index in [0.29, 0.717) is 61.8 Å². The van der Waals surface area contributed by atoms with Crippen molar-refractivity contribution in [3.05, 3.63) is 130 Å². The topological polar surface area (TPSA) is 113 Å². The Hall–Kier alpha value is -5.38. The number of carbonyl (C=O) groups is 4. The van der Waals surface area contributed by atoms with Crippen molar-refractivity contribution in [1.82, 2.24) is 0 Å². The molecule has 0 radical (unpaired) electrons. The van der Waals surface area contributed by atoms with Crippen LogP contribution in [0.1, 0.15) is 115 Å². The number of unbranched alkanes of at least 4 members (excludes halogenated alkanes) is 6. The number of aromatic nitrogens is 2. The zero-order valence-electron chi connectivity index (χ0n) is 32.1. The first-order valence-electron chi connectivity index (χ1n) is 18.9. The van der Waals surface area contributed by atoms with E-state index in [0.717, 1.165) is 73.6 Å². The van der Waals surface area contributed by atoms with E-state index in [4.69, 9.17) is 18.9 Å². The Kier molecular flexibility index (Phi) is 16.8. The molecule has 2 aromatic heterocycles. The van der Waals surface area contributed by atoms with E-state index in [9.17, 15) is 19.2 Å². The number of hydrogen-bond acceptors (Lipinski definition) is 8. The normalized spacial score (nSPS) is 10.8. The predicted octanol–water partition coefficient (Wildman–Crippen LogP) is 7.34. The summed E-state index contributed by atoms with van der Waals surface area (Å²) in [5.41, 5.74) is 6.30. The molecule has 2 heterocycles. The molecule has 0 spiro atoms. The lowest BCUT2D eigenvalue weighted by atomic mass is 10.1. The van der Waals surface area contributed by atoms with Gasteiger partial charge in [-0.2, -0.15) is 9.13 Å². The molecule has 0 aliphatic carbocycles. The van der Waals surface area contributed by atoms with Gasteiger partial charge in [0.1, 0.15) is 0 Å². The van der Waals surface area contributed by atoms with Crippen molar-refractivity contribution in [2.24, 2.45) is 0 Å². The standard InChI is InChI=1S/C44H54N2O8/c1-33-27-34(2)30-39(29-33)43(49)53-25-11-7-5-9-23-51-41(47)37-13-17-45(18-14-37)21-22-46-19-15-38(16-20-46)42(48)52-24-10-6-8-12-26-54-44(50)40-31-35(3)28-36(4)32-40/h13-20,27-32H,5-12,21-26H2,1-4H3/q+2. The number of ether oxygens (including phenoxy) is 4. The average Bonchev–Trinajstić information content (AvgIpc) is 3.15. The van der Waals surface area contributed by atoms with E-state index < -0.39 is 0 Å². The zero-order chi connectivity index (χ0) is 38.7. The third-order valence-corrected chi connectivity index (χ3v) is 8.79. The van der Waals surface area contributed by atoms with E-state index in [2.05, 4.69) is 0 Å². The minimum atomic E-state index is -0.353. The molecule has 0 atom stereocenters. The van der Waals surface area contributed by atoms with E-state index in [-0.39, 0.29) is 23.9 Å². The second kappa shape index (κ2) is 22.0. The molecule has 4 rings (SSSR count). The van der Waals surface area contributed by atoms with Crippen LogP contribution in [0.2, 0.25) is 0 Å². The van der Waals surface area contributed by atoms with Gasteiger partial charge in [-0.25, -0.2) is 19.2 Å². The van der Waals surface area contributed by atoms with Crippen LogP contribution in [0.25, 0.3) is 0 Å². The van der Waals surface area contributed by atoms with E-state index in [1.54, 1.807) is 24.3 Å². The van der Waals surface area contributed by atoms with Gasteiger partial charge in [-0.1, -0.05) is 34.4 Å². The molecule has 54 heavy (non-hydrogen) atoms. The van der Waals surface area contributed by atoms with Crippen molar-refractivity contribution in [3.63, 3.8) is 0 Å². The zero-order valence-corrected chi connectivity index (χ0v) is 32.1. The number of aryl methyl sites for hydroxylation is 6. The maximum Gasteiger partial charge on any atom is 0.338 e. The van der Waals surface area contributed by atoms with Crippen LogP contribution in [0.3, 0.4) is 0 Å². The summed E-state index contributed by atoms with van der Waals surface area (Å²) in [5, 5.41) is 0. The third kappa shape index (κ3) is 14.6. The molecule has 0 saturated heterocycles. The average molecular weight is 739 g/mol. The molecule has 286 valence electrons. The highest BCUT2D eigenvalue weighted by atomic mass is 16.5. The van der Waals surface area contributed by atoms with Gasteiger partial charge >= 0.3 is 23.9 Å². The smallest absolute Gasteiger partial charge is 0.338 e. The molecule has 10 nitrogen and oxygen atoms in total. The van der Waals surface area contributed by atoms with Crippen molar-refractivity contribution >= 4 is 23.9 Å². The lowest BCUT2D eigenvalue weighted by Gasteiger charge is -2.07. The largest absolute Gasteiger partial charge is 0.462 e. The van der Waals surface area contributed by atoms with Crippen LogP contribution in [0.15, 0.2) is 85.5 Å². The summed E-state index contributed by atoms with van der Waals surface area (Å²) in [7, 11) is 0. The first-order chi connectivity index (χ1) is 26.1. The highest BCUT2D eigenvalue weighted by Crippen LogP contribution is 2.13. The number of hydrogen-bond donors (Lipinski definition) is 0. The SMILES string of the molecule is Cc1cc(C)cc(C(=O)OCCCCCCOC(=O)c2cc[n+](CC[n+]3ccc(C(=O)OCCCCCCOC(=O)c4cc(C)cc(C)c4)cc3)cc2)c1. The van der Waals surface area contributed by atoms with Gasteiger partial charge < -0.3 is 18.9 Å². The van der Waals surface area contributed by atoms with E-state index in [1.807, 2.05) is 98.0 Å². The number of esters is 4. The quantitative estimate of drug-likeness (QED) is 0.0378. The fourth-order valence-corrected chi connectivity index (χ4v) is 6.01. The Morgan fingerprint density at radius 2 is 0.648 bits per heavy atom. The number of pyridine rings is 2. The molecule has 0 fully saturated rings. The molecule has 0 amide bonds. The maximum atomic E-state index is 12.5. The summed E-state index contributed by atoms with van der Waals surface area (Å²) in [5.74, 6) is -1.30. The van der Waals surface area contributed by atoms with Gasteiger partial charge in [-0.05, 0) is 103 Å². The van der Waals surface area contributed by atoms with Crippen LogP contribution in [-0.4, -0.2) is 50.3 Å². The van der Waals surface area contributed by atoms with Gasteiger partial charge in [0.05, 0.1) is 48.7 Å². The molecule has 0 aliphatic rings. The first kappa shape index (κ1) is 41.4. The van der Waals surface area contributed by atoms with Crippen LogP contribution in [0, 0.1) is 27.7 Å². The summed E-state index contributed by atoms with van der Waals surface area (Å²) in [6.07, 6.45) is 13.9. The van der Waals surface area contributed by atoms with Crippen molar-refractivity contribution in [1.29, 1.82) is 0 Å². The van der Waals surface area contributed by atoms with Crippen LogP contribution in [-0.2, 0) is 32.0 Å². The first-order valence-corrected chi connectivity index (χ1v) is 18.9. The highest BCUT2D eigenvalue weighted by molar-refractivity contribution is 5.91. The summed E-state index contributed by atoms with van der Waals surface area (Å²) < 4.78 is 25.6. The van der Waals surface area contributed by atoms with Crippen LogP contribution < -0.4 is 9.13 Å². The van der Waals surface area contributed by atoms with Crippen molar-refractivity contribution in [3.8, 4) is 0 Å². The fraction of sp³-hybridized carbons (Fsp3) is 0.409. The second-order valence-corrected chi connectivity index (χ2v) is 13.8.